The van der Waals surface area contributed by atoms with Crippen molar-refractivity contribution in [1.82, 2.24) is 4.42 Å². The van der Waals surface area contributed by atoms with Crippen molar-refractivity contribution in [2.75, 3.05) is 0 Å². The van der Waals surface area contributed by atoms with E-state index in [0.29, 0.717) is 4.42 Å². The zero-order valence-corrected chi connectivity index (χ0v) is 7.26. The first-order chi connectivity index (χ1) is 5.04. The lowest BCUT2D eigenvalue weighted by Crippen LogP contribution is -2.22. The van der Waals surface area contributed by atoms with Crippen LogP contribution in [0.25, 0.3) is 0 Å². The summed E-state index contributed by atoms with van der Waals surface area (Å²) >= 11 is 5.39. The van der Waals surface area contributed by atoms with Crippen molar-refractivity contribution < 1.29 is 9.59 Å². The fourth-order valence-corrected chi connectivity index (χ4v) is 1.34. The molecular weight excluding hydrogens is 166 g/mol. The zero-order chi connectivity index (χ0) is 8.59. The van der Waals surface area contributed by atoms with Crippen LogP contribution in [-0.4, -0.2) is 16.2 Å². The third-order valence-electron chi connectivity index (χ3n) is 1.93. The van der Waals surface area contributed by atoms with E-state index in [-0.39, 0.29) is 30.1 Å². The largest absolute Gasteiger partial charge is 0.273 e. The molecule has 1 aliphatic heterocycles. The maximum atomic E-state index is 11.1. The third-order valence-corrected chi connectivity index (χ3v) is 2.28. The SMILES string of the molecule is CC(C)C1CC(=O)N(Cl)C1=O. The van der Waals surface area contributed by atoms with Gasteiger partial charge < -0.3 is 0 Å². The molecule has 1 heterocycles. The van der Waals surface area contributed by atoms with Gasteiger partial charge in [-0.1, -0.05) is 13.8 Å². The van der Waals surface area contributed by atoms with Crippen LogP contribution in [0.3, 0.4) is 0 Å². The number of hydrogen-bond donors (Lipinski definition) is 0. The van der Waals surface area contributed by atoms with Crippen molar-refractivity contribution in [3.63, 3.8) is 0 Å². The highest BCUT2D eigenvalue weighted by atomic mass is 35.5. The molecule has 1 saturated heterocycles. The lowest BCUT2D eigenvalue weighted by Gasteiger charge is -2.09. The van der Waals surface area contributed by atoms with Crippen molar-refractivity contribution in [1.29, 1.82) is 0 Å². The van der Waals surface area contributed by atoms with Gasteiger partial charge in [-0.15, -0.1) is 0 Å². The van der Waals surface area contributed by atoms with Gasteiger partial charge in [-0.05, 0) is 5.92 Å². The quantitative estimate of drug-likeness (QED) is 0.443. The lowest BCUT2D eigenvalue weighted by molar-refractivity contribution is -0.133. The normalized spacial score (nSPS) is 25.5. The van der Waals surface area contributed by atoms with Crippen LogP contribution in [0.15, 0.2) is 0 Å². The Morgan fingerprint density at radius 1 is 1.55 bits per heavy atom. The van der Waals surface area contributed by atoms with E-state index in [9.17, 15) is 9.59 Å². The predicted molar refractivity (Wildman–Crippen MR) is 40.7 cm³/mol. The molecule has 0 radical (unpaired) electrons. The smallest absolute Gasteiger partial charge is 0.247 e. The number of imide groups is 1. The van der Waals surface area contributed by atoms with Gasteiger partial charge in [0, 0.05) is 18.2 Å². The van der Waals surface area contributed by atoms with Gasteiger partial charge in [0.25, 0.3) is 0 Å². The second kappa shape index (κ2) is 2.81. The van der Waals surface area contributed by atoms with Crippen LogP contribution < -0.4 is 0 Å². The fourth-order valence-electron chi connectivity index (χ4n) is 1.14. The molecule has 1 fully saturated rings. The number of hydrogen-bond acceptors (Lipinski definition) is 2. The van der Waals surface area contributed by atoms with Gasteiger partial charge in [0.2, 0.25) is 11.8 Å². The summed E-state index contributed by atoms with van der Waals surface area (Å²) in [7, 11) is 0. The van der Waals surface area contributed by atoms with E-state index < -0.39 is 0 Å². The molecular formula is C7H10ClNO2. The maximum Gasteiger partial charge on any atom is 0.247 e. The standard InChI is InChI=1S/C7H10ClNO2/c1-4(2)5-3-6(10)9(8)7(5)11/h4-5H,3H2,1-2H3. The van der Waals surface area contributed by atoms with Gasteiger partial charge in [-0.2, -0.15) is 4.42 Å². The molecule has 1 aliphatic rings. The highest BCUT2D eigenvalue weighted by molar-refractivity contribution is 6.32. The van der Waals surface area contributed by atoms with E-state index in [1.807, 2.05) is 13.8 Å². The summed E-state index contributed by atoms with van der Waals surface area (Å²) in [6, 6.07) is 0. The van der Waals surface area contributed by atoms with Gasteiger partial charge in [-0.3, -0.25) is 9.59 Å². The molecule has 0 aromatic heterocycles. The zero-order valence-electron chi connectivity index (χ0n) is 6.50. The first-order valence-corrected chi connectivity index (χ1v) is 3.90. The van der Waals surface area contributed by atoms with Crippen LogP contribution in [0.5, 0.6) is 0 Å². The minimum Gasteiger partial charge on any atom is -0.273 e. The maximum absolute atomic E-state index is 11.1. The highest BCUT2D eigenvalue weighted by Gasteiger charge is 2.39. The minimum atomic E-state index is -0.282. The average molecular weight is 176 g/mol. The first kappa shape index (κ1) is 8.53. The van der Waals surface area contributed by atoms with Gasteiger partial charge >= 0.3 is 0 Å². The number of nitrogens with zero attached hydrogens (tertiary/aromatic N) is 1. The molecule has 0 bridgehead atoms. The monoisotopic (exact) mass is 175 g/mol. The summed E-state index contributed by atoms with van der Waals surface area (Å²) < 4.78 is 0.699. The van der Waals surface area contributed by atoms with Gasteiger partial charge in [0.15, 0.2) is 0 Å². The molecule has 0 saturated carbocycles. The van der Waals surface area contributed by atoms with Crippen molar-refractivity contribution in [2.45, 2.75) is 20.3 Å². The first-order valence-electron chi connectivity index (χ1n) is 3.56. The molecule has 11 heavy (non-hydrogen) atoms. The molecule has 4 heteroatoms. The molecule has 62 valence electrons. The molecule has 1 unspecified atom stereocenters. The predicted octanol–water partition coefficient (Wildman–Crippen LogP) is 1.17. The second-order valence-corrected chi connectivity index (χ2v) is 3.41. The van der Waals surface area contributed by atoms with Crippen molar-refractivity contribution >= 4 is 23.6 Å². The summed E-state index contributed by atoms with van der Waals surface area (Å²) in [5, 5.41) is 0. The summed E-state index contributed by atoms with van der Waals surface area (Å²) in [6.45, 7) is 3.82. The van der Waals surface area contributed by atoms with Crippen molar-refractivity contribution in [2.24, 2.45) is 11.8 Å². The number of carbonyl (C=O) groups is 2. The number of rotatable bonds is 1. The van der Waals surface area contributed by atoms with E-state index in [0.717, 1.165) is 0 Å². The summed E-state index contributed by atoms with van der Waals surface area (Å²) in [5.41, 5.74) is 0. The van der Waals surface area contributed by atoms with Crippen LogP contribution in [-0.2, 0) is 9.59 Å². The Morgan fingerprint density at radius 3 is 2.27 bits per heavy atom. The van der Waals surface area contributed by atoms with E-state index in [4.69, 9.17) is 11.8 Å². The van der Waals surface area contributed by atoms with Gasteiger partial charge in [-0.25, -0.2) is 0 Å². The summed E-state index contributed by atoms with van der Waals surface area (Å²) in [4.78, 5) is 22.0. The molecule has 0 aliphatic carbocycles. The summed E-state index contributed by atoms with van der Waals surface area (Å²) in [5.74, 6) is -0.558. The second-order valence-electron chi connectivity index (χ2n) is 3.07. The lowest BCUT2D eigenvalue weighted by atomic mass is 9.95. The van der Waals surface area contributed by atoms with Gasteiger partial charge in [0.05, 0.1) is 5.92 Å². The Hall–Kier alpha value is -0.570. The molecule has 2 amide bonds. The Balaban J connectivity index is 2.75. The van der Waals surface area contributed by atoms with Crippen molar-refractivity contribution in [3.8, 4) is 0 Å². The van der Waals surface area contributed by atoms with Crippen LogP contribution in [0, 0.1) is 11.8 Å². The average Bonchev–Trinajstić information content (AvgIpc) is 2.17. The van der Waals surface area contributed by atoms with Crippen LogP contribution in [0.1, 0.15) is 20.3 Å². The Morgan fingerprint density at radius 2 is 2.09 bits per heavy atom. The third kappa shape index (κ3) is 1.38. The molecule has 0 aromatic carbocycles. The number of amides is 2. The highest BCUT2D eigenvalue weighted by Crippen LogP contribution is 2.27. The van der Waals surface area contributed by atoms with E-state index in [2.05, 4.69) is 0 Å². The Labute approximate surface area is 70.4 Å². The molecule has 3 nitrogen and oxygen atoms in total. The number of halogens is 1. The molecule has 0 N–H and O–H groups in total. The molecule has 1 rings (SSSR count). The summed E-state index contributed by atoms with van der Waals surface area (Å²) in [6.07, 6.45) is 0.264. The Kier molecular flexibility index (Phi) is 2.18. The molecule has 1 atom stereocenters. The van der Waals surface area contributed by atoms with E-state index in [1.54, 1.807) is 0 Å². The number of carbonyl (C=O) groups excluding carboxylic acids is 2. The molecule has 0 aromatic rings. The van der Waals surface area contributed by atoms with Crippen LogP contribution in [0.4, 0.5) is 0 Å². The van der Waals surface area contributed by atoms with Gasteiger partial charge in [0.1, 0.15) is 0 Å². The van der Waals surface area contributed by atoms with E-state index in [1.165, 1.54) is 0 Å². The van der Waals surface area contributed by atoms with Crippen LogP contribution in [0.2, 0.25) is 0 Å². The molecule has 0 spiro atoms. The Bertz CT molecular complexity index is 203. The van der Waals surface area contributed by atoms with Crippen molar-refractivity contribution in [3.05, 3.63) is 0 Å². The minimum absolute atomic E-state index is 0.190. The van der Waals surface area contributed by atoms with Crippen LogP contribution >= 0.6 is 11.8 Å². The van der Waals surface area contributed by atoms with E-state index >= 15 is 0 Å². The fraction of sp³-hybridized carbons (Fsp3) is 0.714. The topological polar surface area (TPSA) is 37.4 Å².